The number of hydrazone groups is 1. The maximum absolute atomic E-state index is 12.3. The zero-order chi connectivity index (χ0) is 19.2. The third-order valence-electron chi connectivity index (χ3n) is 4.34. The van der Waals surface area contributed by atoms with Crippen LogP contribution in [0, 0.1) is 0 Å². The van der Waals surface area contributed by atoms with E-state index in [-0.39, 0.29) is 5.91 Å². The molecule has 0 bridgehead atoms. The number of nitrogens with zero attached hydrogens (tertiary/aromatic N) is 1. The van der Waals surface area contributed by atoms with Crippen molar-refractivity contribution < 1.29 is 9.53 Å². The first kappa shape index (κ1) is 17.5. The Labute approximate surface area is 162 Å². The van der Waals surface area contributed by atoms with Gasteiger partial charge >= 0.3 is 0 Å². The minimum Gasteiger partial charge on any atom is -0.489 e. The Kier molecular flexibility index (Phi) is 5.15. The number of hydrogen-bond acceptors (Lipinski definition) is 3. The van der Waals surface area contributed by atoms with Gasteiger partial charge in [0.1, 0.15) is 12.4 Å². The molecule has 28 heavy (non-hydrogen) atoms. The summed E-state index contributed by atoms with van der Waals surface area (Å²) < 4.78 is 5.76. The number of aromatic nitrogens is 1. The minimum absolute atomic E-state index is 0.253. The number of fused-ring (bicyclic) bond motifs is 1. The molecule has 5 nitrogen and oxygen atoms in total. The van der Waals surface area contributed by atoms with Gasteiger partial charge < -0.3 is 9.72 Å². The molecule has 138 valence electrons. The predicted octanol–water partition coefficient (Wildman–Crippen LogP) is 4.51. The average molecular weight is 369 g/mol. The van der Waals surface area contributed by atoms with Crippen molar-refractivity contribution in [1.29, 1.82) is 0 Å². The van der Waals surface area contributed by atoms with E-state index in [1.165, 1.54) is 0 Å². The molecule has 0 saturated heterocycles. The lowest BCUT2D eigenvalue weighted by molar-refractivity contribution is 0.0957. The van der Waals surface area contributed by atoms with E-state index < -0.39 is 0 Å². The molecule has 0 fully saturated rings. The summed E-state index contributed by atoms with van der Waals surface area (Å²) in [5, 5.41) is 4.92. The van der Waals surface area contributed by atoms with Gasteiger partial charge in [-0.05, 0) is 41.5 Å². The molecule has 0 atom stereocenters. The van der Waals surface area contributed by atoms with Gasteiger partial charge in [0.15, 0.2) is 0 Å². The Bertz CT molecular complexity index is 1100. The molecule has 0 saturated carbocycles. The van der Waals surface area contributed by atoms with Gasteiger partial charge in [-0.25, -0.2) is 5.43 Å². The number of para-hydroxylation sites is 1. The second-order valence-electron chi connectivity index (χ2n) is 6.29. The minimum atomic E-state index is -0.253. The standard InChI is InChI=1S/C23H19N3O2/c27-23(21-15-24-22-9-5-4-8-20(21)22)26-25-14-17-10-12-19(13-11-17)28-16-18-6-2-1-3-7-18/h1-15,24H,16H2,(H,26,27)/b25-14+. The fourth-order valence-electron chi connectivity index (χ4n) is 2.88. The van der Waals surface area contributed by atoms with Crippen LogP contribution < -0.4 is 10.2 Å². The van der Waals surface area contributed by atoms with E-state index in [2.05, 4.69) is 15.5 Å². The fraction of sp³-hybridized carbons (Fsp3) is 0.0435. The smallest absolute Gasteiger partial charge is 0.273 e. The highest BCUT2D eigenvalue weighted by Gasteiger charge is 2.10. The highest BCUT2D eigenvalue weighted by atomic mass is 16.5. The van der Waals surface area contributed by atoms with Crippen molar-refractivity contribution in [1.82, 2.24) is 10.4 Å². The van der Waals surface area contributed by atoms with Crippen molar-refractivity contribution in [3.63, 3.8) is 0 Å². The Morgan fingerprint density at radius 1 is 0.964 bits per heavy atom. The first-order valence-electron chi connectivity index (χ1n) is 8.96. The zero-order valence-corrected chi connectivity index (χ0v) is 15.1. The summed E-state index contributed by atoms with van der Waals surface area (Å²) >= 11 is 0. The molecule has 5 heteroatoms. The lowest BCUT2D eigenvalue weighted by Gasteiger charge is -2.06. The number of rotatable bonds is 6. The summed E-state index contributed by atoms with van der Waals surface area (Å²) in [6, 6.07) is 25.2. The van der Waals surface area contributed by atoms with Gasteiger partial charge in [0.2, 0.25) is 0 Å². The molecule has 0 aliphatic rings. The van der Waals surface area contributed by atoms with Gasteiger partial charge in [-0.3, -0.25) is 4.79 Å². The molecule has 3 aromatic carbocycles. The van der Waals surface area contributed by atoms with Crippen LogP contribution >= 0.6 is 0 Å². The molecular weight excluding hydrogens is 350 g/mol. The maximum Gasteiger partial charge on any atom is 0.273 e. The summed E-state index contributed by atoms with van der Waals surface area (Å²) in [4.78, 5) is 15.4. The first-order valence-corrected chi connectivity index (χ1v) is 8.96. The van der Waals surface area contributed by atoms with Gasteiger partial charge in [0, 0.05) is 17.1 Å². The number of nitrogens with one attached hydrogen (secondary N) is 2. The Balaban J connectivity index is 1.34. The van der Waals surface area contributed by atoms with Crippen LogP contribution in [0.15, 0.2) is 90.2 Å². The third kappa shape index (κ3) is 4.10. The summed E-state index contributed by atoms with van der Waals surface area (Å²) in [5.74, 6) is 0.528. The zero-order valence-electron chi connectivity index (χ0n) is 15.1. The number of H-pyrrole nitrogens is 1. The second-order valence-corrected chi connectivity index (χ2v) is 6.29. The Morgan fingerprint density at radius 2 is 1.71 bits per heavy atom. The van der Waals surface area contributed by atoms with E-state index in [1.807, 2.05) is 78.9 Å². The fourth-order valence-corrected chi connectivity index (χ4v) is 2.88. The average Bonchev–Trinajstić information content (AvgIpc) is 3.18. The normalized spacial score (nSPS) is 11.0. The van der Waals surface area contributed by atoms with Crippen molar-refractivity contribution >= 4 is 23.0 Å². The maximum atomic E-state index is 12.3. The van der Waals surface area contributed by atoms with Crippen LogP contribution in [0.25, 0.3) is 10.9 Å². The quantitative estimate of drug-likeness (QED) is 0.388. The monoisotopic (exact) mass is 369 g/mol. The first-order chi connectivity index (χ1) is 13.8. The van der Waals surface area contributed by atoms with Crippen molar-refractivity contribution in [2.24, 2.45) is 5.10 Å². The van der Waals surface area contributed by atoms with E-state index >= 15 is 0 Å². The van der Waals surface area contributed by atoms with E-state index in [0.29, 0.717) is 12.2 Å². The van der Waals surface area contributed by atoms with Crippen molar-refractivity contribution in [2.75, 3.05) is 0 Å². The second kappa shape index (κ2) is 8.22. The van der Waals surface area contributed by atoms with Crippen LogP contribution in [0.5, 0.6) is 5.75 Å². The Hall–Kier alpha value is -3.86. The molecule has 4 aromatic rings. The lowest BCUT2D eigenvalue weighted by Crippen LogP contribution is -2.17. The van der Waals surface area contributed by atoms with Crippen LogP contribution in [-0.4, -0.2) is 17.1 Å². The lowest BCUT2D eigenvalue weighted by atomic mass is 10.2. The van der Waals surface area contributed by atoms with Crippen LogP contribution in [0.1, 0.15) is 21.5 Å². The van der Waals surface area contributed by atoms with E-state index in [9.17, 15) is 4.79 Å². The number of benzene rings is 3. The molecule has 0 aliphatic heterocycles. The van der Waals surface area contributed by atoms with Crippen LogP contribution in [0.4, 0.5) is 0 Å². The van der Waals surface area contributed by atoms with Gasteiger partial charge in [-0.15, -0.1) is 0 Å². The summed E-state index contributed by atoms with van der Waals surface area (Å²) in [5.41, 5.74) is 6.04. The topological polar surface area (TPSA) is 66.5 Å². The SMILES string of the molecule is O=C(N/N=C/c1ccc(OCc2ccccc2)cc1)c1c[nH]c2ccccc12. The van der Waals surface area contributed by atoms with Crippen molar-refractivity contribution in [2.45, 2.75) is 6.61 Å². The molecule has 0 aliphatic carbocycles. The molecule has 0 unspecified atom stereocenters. The largest absolute Gasteiger partial charge is 0.489 e. The van der Waals surface area contributed by atoms with Crippen LogP contribution in [-0.2, 0) is 6.61 Å². The highest BCUT2D eigenvalue weighted by molar-refractivity contribution is 6.06. The molecular formula is C23H19N3O2. The van der Waals surface area contributed by atoms with Crippen LogP contribution in [0.2, 0.25) is 0 Å². The van der Waals surface area contributed by atoms with Gasteiger partial charge in [0.25, 0.3) is 5.91 Å². The highest BCUT2D eigenvalue weighted by Crippen LogP contribution is 2.17. The number of carbonyl (C=O) groups is 1. The molecule has 4 rings (SSSR count). The van der Waals surface area contributed by atoms with Gasteiger partial charge in [-0.2, -0.15) is 5.10 Å². The number of aromatic amines is 1. The number of hydrogen-bond donors (Lipinski definition) is 2. The number of carbonyl (C=O) groups excluding carboxylic acids is 1. The Morgan fingerprint density at radius 3 is 2.54 bits per heavy atom. The summed E-state index contributed by atoms with van der Waals surface area (Å²) in [6.07, 6.45) is 3.29. The van der Waals surface area contributed by atoms with Gasteiger partial charge in [-0.1, -0.05) is 48.5 Å². The molecule has 2 N–H and O–H groups in total. The number of amides is 1. The van der Waals surface area contributed by atoms with Crippen molar-refractivity contribution in [3.8, 4) is 5.75 Å². The van der Waals surface area contributed by atoms with Gasteiger partial charge in [0.05, 0.1) is 11.8 Å². The summed E-state index contributed by atoms with van der Waals surface area (Å²) in [7, 11) is 0. The van der Waals surface area contributed by atoms with Crippen molar-refractivity contribution in [3.05, 3.63) is 102 Å². The third-order valence-corrected chi connectivity index (χ3v) is 4.34. The number of ether oxygens (including phenoxy) is 1. The van der Waals surface area contributed by atoms with E-state index in [4.69, 9.17) is 4.74 Å². The van der Waals surface area contributed by atoms with E-state index in [0.717, 1.165) is 27.8 Å². The molecule has 1 amide bonds. The van der Waals surface area contributed by atoms with E-state index in [1.54, 1.807) is 12.4 Å². The molecule has 1 aromatic heterocycles. The molecule has 0 spiro atoms. The molecule has 0 radical (unpaired) electrons. The molecule has 1 heterocycles. The predicted molar refractivity (Wildman–Crippen MR) is 111 cm³/mol. The summed E-state index contributed by atoms with van der Waals surface area (Å²) in [6.45, 7) is 0.523. The van der Waals surface area contributed by atoms with Crippen LogP contribution in [0.3, 0.4) is 0 Å².